The Balaban J connectivity index is 2.18. The summed E-state index contributed by atoms with van der Waals surface area (Å²) in [7, 11) is 0. The second-order valence-corrected chi connectivity index (χ2v) is 4.25. The number of carbonyl (C=O) groups is 1. The van der Waals surface area contributed by atoms with Crippen molar-refractivity contribution in [2.75, 3.05) is 0 Å². The van der Waals surface area contributed by atoms with Gasteiger partial charge in [0, 0.05) is 12.1 Å². The average Bonchev–Trinajstić information content (AvgIpc) is 2.57. The molecule has 0 spiro atoms. The molecule has 1 aromatic rings. The lowest BCUT2D eigenvalue weighted by molar-refractivity contribution is -0.139. The third-order valence-electron chi connectivity index (χ3n) is 3.08. The molecule has 0 saturated heterocycles. The van der Waals surface area contributed by atoms with Crippen molar-refractivity contribution in [3.63, 3.8) is 0 Å². The molecule has 2 rings (SSSR count). The monoisotopic (exact) mass is 220 g/mol. The standard InChI is InChI=1S/C12H16N2O2/c1-7(12(15)16)14-11-6-10(13)8-4-2-3-5-9(8)11/h2-5,7,10-11,14H,6,13H2,1H3,(H,15,16). The maximum atomic E-state index is 10.8. The van der Waals surface area contributed by atoms with Crippen LogP contribution in [-0.4, -0.2) is 17.1 Å². The Hall–Kier alpha value is -1.39. The van der Waals surface area contributed by atoms with Crippen LogP contribution in [0.25, 0.3) is 0 Å². The highest BCUT2D eigenvalue weighted by Crippen LogP contribution is 2.37. The SMILES string of the molecule is CC(NC1CC(N)c2ccccc21)C(=O)O. The smallest absolute Gasteiger partial charge is 0.320 e. The molecule has 4 heteroatoms. The summed E-state index contributed by atoms with van der Waals surface area (Å²) in [5, 5.41) is 11.9. The van der Waals surface area contributed by atoms with E-state index in [2.05, 4.69) is 5.32 Å². The van der Waals surface area contributed by atoms with Crippen LogP contribution in [0.15, 0.2) is 24.3 Å². The van der Waals surface area contributed by atoms with Crippen LogP contribution in [0.2, 0.25) is 0 Å². The lowest BCUT2D eigenvalue weighted by Gasteiger charge is -2.17. The molecule has 0 fully saturated rings. The molecule has 1 aliphatic rings. The highest BCUT2D eigenvalue weighted by molar-refractivity contribution is 5.73. The Labute approximate surface area is 94.5 Å². The molecule has 4 N–H and O–H groups in total. The molecule has 0 amide bonds. The predicted octanol–water partition coefficient (Wildman–Crippen LogP) is 1.19. The number of carboxylic acid groups (broad SMARTS) is 1. The minimum Gasteiger partial charge on any atom is -0.480 e. The van der Waals surface area contributed by atoms with Gasteiger partial charge in [-0.25, -0.2) is 0 Å². The second-order valence-electron chi connectivity index (χ2n) is 4.25. The largest absolute Gasteiger partial charge is 0.480 e. The topological polar surface area (TPSA) is 75.3 Å². The Bertz CT molecular complexity index is 406. The molecule has 16 heavy (non-hydrogen) atoms. The molecule has 0 heterocycles. The zero-order valence-electron chi connectivity index (χ0n) is 9.18. The minimum atomic E-state index is -0.835. The fraction of sp³-hybridized carbons (Fsp3) is 0.417. The van der Waals surface area contributed by atoms with Crippen molar-refractivity contribution in [3.05, 3.63) is 35.4 Å². The second kappa shape index (κ2) is 4.23. The molecular formula is C12H16N2O2. The number of fused-ring (bicyclic) bond motifs is 1. The number of aliphatic carboxylic acids is 1. The molecule has 1 aliphatic carbocycles. The van der Waals surface area contributed by atoms with Crippen LogP contribution in [-0.2, 0) is 4.79 Å². The Morgan fingerprint density at radius 3 is 2.75 bits per heavy atom. The van der Waals surface area contributed by atoms with E-state index in [1.54, 1.807) is 6.92 Å². The fourth-order valence-electron chi connectivity index (χ4n) is 2.20. The van der Waals surface area contributed by atoms with E-state index < -0.39 is 12.0 Å². The number of hydrogen-bond acceptors (Lipinski definition) is 3. The number of nitrogens with two attached hydrogens (primary N) is 1. The molecule has 0 bridgehead atoms. The Morgan fingerprint density at radius 1 is 1.50 bits per heavy atom. The van der Waals surface area contributed by atoms with Crippen molar-refractivity contribution >= 4 is 5.97 Å². The van der Waals surface area contributed by atoms with Crippen LogP contribution in [0.1, 0.15) is 36.6 Å². The van der Waals surface area contributed by atoms with Gasteiger partial charge < -0.3 is 10.8 Å². The van der Waals surface area contributed by atoms with Crippen LogP contribution < -0.4 is 11.1 Å². The summed E-state index contributed by atoms with van der Waals surface area (Å²) >= 11 is 0. The van der Waals surface area contributed by atoms with Crippen molar-refractivity contribution in [2.45, 2.75) is 31.5 Å². The minimum absolute atomic E-state index is 0.00898. The number of hydrogen-bond donors (Lipinski definition) is 3. The number of benzene rings is 1. The summed E-state index contributed by atoms with van der Waals surface area (Å²) in [6.45, 7) is 1.65. The first-order valence-electron chi connectivity index (χ1n) is 5.43. The van der Waals surface area contributed by atoms with Gasteiger partial charge in [0.1, 0.15) is 6.04 Å². The van der Waals surface area contributed by atoms with Crippen molar-refractivity contribution in [3.8, 4) is 0 Å². The molecular weight excluding hydrogens is 204 g/mol. The molecule has 0 aliphatic heterocycles. The molecule has 0 radical (unpaired) electrons. The first-order valence-corrected chi connectivity index (χ1v) is 5.43. The van der Waals surface area contributed by atoms with Gasteiger partial charge in [-0.2, -0.15) is 0 Å². The van der Waals surface area contributed by atoms with Crippen molar-refractivity contribution in [2.24, 2.45) is 5.73 Å². The van der Waals surface area contributed by atoms with Crippen LogP contribution >= 0.6 is 0 Å². The predicted molar refractivity (Wildman–Crippen MR) is 61.0 cm³/mol. The lowest BCUT2D eigenvalue weighted by Crippen LogP contribution is -2.36. The first kappa shape index (κ1) is 11.1. The highest BCUT2D eigenvalue weighted by atomic mass is 16.4. The van der Waals surface area contributed by atoms with Gasteiger partial charge >= 0.3 is 5.97 Å². The summed E-state index contributed by atoms with van der Waals surface area (Å²) in [4.78, 5) is 10.8. The summed E-state index contributed by atoms with van der Waals surface area (Å²) in [6.07, 6.45) is 0.761. The van der Waals surface area contributed by atoms with Crippen LogP contribution in [0.3, 0.4) is 0 Å². The Kier molecular flexibility index (Phi) is 2.94. The number of nitrogens with one attached hydrogen (secondary N) is 1. The average molecular weight is 220 g/mol. The molecule has 86 valence electrons. The quantitative estimate of drug-likeness (QED) is 0.715. The van der Waals surface area contributed by atoms with E-state index in [0.717, 1.165) is 17.5 Å². The normalized spacial score (nSPS) is 25.1. The van der Waals surface area contributed by atoms with Gasteiger partial charge in [-0.05, 0) is 24.5 Å². The van der Waals surface area contributed by atoms with Gasteiger partial charge in [0.15, 0.2) is 0 Å². The van der Waals surface area contributed by atoms with Gasteiger partial charge in [-0.15, -0.1) is 0 Å². The van der Waals surface area contributed by atoms with Crippen LogP contribution in [0.5, 0.6) is 0 Å². The molecule has 0 aromatic heterocycles. The molecule has 4 nitrogen and oxygen atoms in total. The van der Waals surface area contributed by atoms with Gasteiger partial charge in [-0.1, -0.05) is 24.3 Å². The lowest BCUT2D eigenvalue weighted by atomic mass is 10.1. The van der Waals surface area contributed by atoms with Crippen LogP contribution in [0.4, 0.5) is 0 Å². The van der Waals surface area contributed by atoms with Gasteiger partial charge in [0.05, 0.1) is 0 Å². The zero-order valence-corrected chi connectivity index (χ0v) is 9.18. The van der Waals surface area contributed by atoms with Gasteiger partial charge in [0.2, 0.25) is 0 Å². The Morgan fingerprint density at radius 2 is 2.12 bits per heavy atom. The molecule has 1 aromatic carbocycles. The van der Waals surface area contributed by atoms with Crippen molar-refractivity contribution < 1.29 is 9.90 Å². The summed E-state index contributed by atoms with van der Waals surface area (Å²) in [5.41, 5.74) is 8.25. The van der Waals surface area contributed by atoms with E-state index in [9.17, 15) is 4.79 Å². The molecule has 0 saturated carbocycles. The van der Waals surface area contributed by atoms with E-state index in [-0.39, 0.29) is 12.1 Å². The third-order valence-corrected chi connectivity index (χ3v) is 3.08. The maximum absolute atomic E-state index is 10.8. The summed E-state index contributed by atoms with van der Waals surface area (Å²) < 4.78 is 0. The number of rotatable bonds is 3. The van der Waals surface area contributed by atoms with Crippen LogP contribution in [0, 0.1) is 0 Å². The van der Waals surface area contributed by atoms with Gasteiger partial charge in [-0.3, -0.25) is 10.1 Å². The van der Waals surface area contributed by atoms with Crippen molar-refractivity contribution in [1.82, 2.24) is 5.32 Å². The van der Waals surface area contributed by atoms with E-state index in [1.165, 1.54) is 0 Å². The van der Waals surface area contributed by atoms with Gasteiger partial charge in [0.25, 0.3) is 0 Å². The summed E-state index contributed by atoms with van der Waals surface area (Å²) in [6, 6.07) is 7.44. The maximum Gasteiger partial charge on any atom is 0.320 e. The summed E-state index contributed by atoms with van der Waals surface area (Å²) in [5.74, 6) is -0.835. The molecule has 3 unspecified atom stereocenters. The number of carboxylic acids is 1. The molecule has 3 atom stereocenters. The van der Waals surface area contributed by atoms with E-state index in [4.69, 9.17) is 10.8 Å². The zero-order chi connectivity index (χ0) is 11.7. The third kappa shape index (κ3) is 1.94. The van der Waals surface area contributed by atoms with Crippen molar-refractivity contribution in [1.29, 1.82) is 0 Å². The highest BCUT2D eigenvalue weighted by Gasteiger charge is 2.29. The van der Waals surface area contributed by atoms with E-state index >= 15 is 0 Å². The first-order chi connectivity index (χ1) is 7.59. The van der Waals surface area contributed by atoms with E-state index in [1.807, 2.05) is 24.3 Å². The van der Waals surface area contributed by atoms with E-state index in [0.29, 0.717) is 0 Å². The fourth-order valence-corrected chi connectivity index (χ4v) is 2.20.